The van der Waals surface area contributed by atoms with E-state index in [1.165, 1.54) is 22.8 Å². The second-order valence-corrected chi connectivity index (χ2v) is 5.36. The van der Waals surface area contributed by atoms with Gasteiger partial charge in [-0.3, -0.25) is 0 Å². The van der Waals surface area contributed by atoms with Crippen molar-refractivity contribution < 1.29 is 14.3 Å². The lowest BCUT2D eigenvalue weighted by Crippen LogP contribution is -2.40. The molecule has 2 rings (SSSR count). The van der Waals surface area contributed by atoms with E-state index in [1.54, 1.807) is 4.90 Å². The van der Waals surface area contributed by atoms with Crippen LogP contribution in [0.25, 0.3) is 0 Å². The summed E-state index contributed by atoms with van der Waals surface area (Å²) in [4.78, 5) is 24.8. The third kappa shape index (κ3) is 4.44. The van der Waals surface area contributed by atoms with Crippen LogP contribution in [0.1, 0.15) is 48.6 Å². The lowest BCUT2D eigenvalue weighted by molar-refractivity contribution is -0.108. The number of aldehydes is 1. The number of nitrogens with zero attached hydrogens (tertiary/aromatic N) is 1. The highest BCUT2D eigenvalue weighted by molar-refractivity contribution is 5.70. The zero-order valence-electron chi connectivity index (χ0n) is 14.6. The van der Waals surface area contributed by atoms with Crippen molar-refractivity contribution in [2.75, 3.05) is 13.2 Å². The van der Waals surface area contributed by atoms with Gasteiger partial charge in [0.05, 0.1) is 6.04 Å². The Hall–Kier alpha value is -2.10. The summed E-state index contributed by atoms with van der Waals surface area (Å²) in [5.41, 5.74) is 4.69. The number of aryl methyl sites for hydroxylation is 2. The molecule has 0 unspecified atom stereocenters. The number of hydrogen-bond donors (Lipinski definition) is 0. The molecule has 0 radical (unpaired) electrons. The molecule has 0 aliphatic carbocycles. The van der Waals surface area contributed by atoms with E-state index in [4.69, 9.17) is 4.74 Å². The van der Waals surface area contributed by atoms with Gasteiger partial charge in [0, 0.05) is 13.0 Å². The molecule has 0 aromatic heterocycles. The summed E-state index contributed by atoms with van der Waals surface area (Å²) < 4.78 is 5.13. The Morgan fingerprint density at radius 1 is 1.35 bits per heavy atom. The fourth-order valence-corrected chi connectivity index (χ4v) is 2.77. The maximum atomic E-state index is 12.1. The molecule has 0 N–H and O–H groups in total. The van der Waals surface area contributed by atoms with Crippen LogP contribution < -0.4 is 0 Å². The van der Waals surface area contributed by atoms with E-state index in [-0.39, 0.29) is 18.7 Å². The Labute approximate surface area is 139 Å². The van der Waals surface area contributed by atoms with Gasteiger partial charge in [0.25, 0.3) is 0 Å². The molecule has 0 saturated heterocycles. The quantitative estimate of drug-likeness (QED) is 0.619. The van der Waals surface area contributed by atoms with Crippen LogP contribution in [0.2, 0.25) is 0 Å². The molecule has 4 heteroatoms. The second kappa shape index (κ2) is 9.13. The van der Waals surface area contributed by atoms with Crippen molar-refractivity contribution in [3.63, 3.8) is 0 Å². The van der Waals surface area contributed by atoms with Crippen LogP contribution in [-0.4, -0.2) is 30.4 Å². The minimum atomic E-state index is -0.384. The lowest BCUT2D eigenvalue weighted by atomic mass is 9.88. The van der Waals surface area contributed by atoms with Gasteiger partial charge in [-0.15, -0.1) is 0 Å². The van der Waals surface area contributed by atoms with Gasteiger partial charge in [0.2, 0.25) is 0 Å². The number of benzene rings is 1. The topological polar surface area (TPSA) is 46.6 Å². The molecular formula is C19H27NO3. The van der Waals surface area contributed by atoms with Gasteiger partial charge in [0.15, 0.2) is 0 Å². The van der Waals surface area contributed by atoms with Gasteiger partial charge >= 0.3 is 6.09 Å². The van der Waals surface area contributed by atoms with E-state index in [9.17, 15) is 9.59 Å². The number of carbonyl (C=O) groups is 2. The molecule has 0 fully saturated rings. The van der Waals surface area contributed by atoms with Crippen LogP contribution in [0.4, 0.5) is 4.79 Å². The zero-order chi connectivity index (χ0) is 17.4. The highest BCUT2D eigenvalue weighted by Crippen LogP contribution is 2.33. The number of ether oxygens (including phenoxy) is 1. The molecule has 126 valence electrons. The average molecular weight is 317 g/mol. The van der Waals surface area contributed by atoms with Crippen molar-refractivity contribution in [3.05, 3.63) is 47.0 Å². The summed E-state index contributed by atoms with van der Waals surface area (Å²) >= 11 is 0. The second-order valence-electron chi connectivity index (χ2n) is 5.36. The van der Waals surface area contributed by atoms with Crippen molar-refractivity contribution >= 4 is 12.4 Å². The molecule has 0 saturated carbocycles. The number of hydrogen-bond acceptors (Lipinski definition) is 3. The Kier molecular flexibility index (Phi) is 7.52. The van der Waals surface area contributed by atoms with Gasteiger partial charge < -0.3 is 14.4 Å². The molecule has 1 amide bonds. The van der Waals surface area contributed by atoms with E-state index in [0.29, 0.717) is 13.0 Å². The summed E-state index contributed by atoms with van der Waals surface area (Å²) in [5, 5.41) is 0. The first-order chi connectivity index (χ1) is 11.1. The summed E-state index contributed by atoms with van der Waals surface area (Å²) in [7, 11) is 0. The Bertz CT molecular complexity index is 566. The van der Waals surface area contributed by atoms with Crippen molar-refractivity contribution in [3.8, 4) is 0 Å². The first-order valence-electron chi connectivity index (χ1n) is 8.16. The highest BCUT2D eigenvalue weighted by atomic mass is 16.6. The van der Waals surface area contributed by atoms with Gasteiger partial charge in [-0.1, -0.05) is 38.6 Å². The molecule has 4 nitrogen and oxygen atoms in total. The third-order valence-electron chi connectivity index (χ3n) is 3.99. The van der Waals surface area contributed by atoms with E-state index in [0.717, 1.165) is 18.3 Å². The molecule has 1 heterocycles. The molecule has 1 atom stereocenters. The van der Waals surface area contributed by atoms with E-state index in [2.05, 4.69) is 25.6 Å². The van der Waals surface area contributed by atoms with Crippen molar-refractivity contribution in [2.45, 2.75) is 46.6 Å². The van der Waals surface area contributed by atoms with Crippen LogP contribution in [0, 0.1) is 13.8 Å². The number of carbonyl (C=O) groups excluding carboxylic acids is 2. The SMILES string of the molecule is C=CCOC(=O)N1CCc2cc(C)c(C)cc2[C@H]1CC=O.CC. The van der Waals surface area contributed by atoms with Crippen LogP contribution in [0.3, 0.4) is 0 Å². The van der Waals surface area contributed by atoms with E-state index >= 15 is 0 Å². The zero-order valence-corrected chi connectivity index (χ0v) is 14.6. The van der Waals surface area contributed by atoms with Gasteiger partial charge in [-0.2, -0.15) is 0 Å². The van der Waals surface area contributed by atoms with Gasteiger partial charge in [0.1, 0.15) is 12.9 Å². The van der Waals surface area contributed by atoms with E-state index < -0.39 is 0 Å². The highest BCUT2D eigenvalue weighted by Gasteiger charge is 2.31. The number of rotatable bonds is 4. The normalized spacial score (nSPS) is 15.8. The van der Waals surface area contributed by atoms with Crippen LogP contribution in [0.5, 0.6) is 0 Å². The Morgan fingerprint density at radius 2 is 2.00 bits per heavy atom. The molecule has 1 aliphatic heterocycles. The predicted octanol–water partition coefficient (Wildman–Crippen LogP) is 4.14. The standard InChI is InChI=1S/C17H21NO3.C2H6/c1-4-9-21-17(20)18-7-5-14-10-12(2)13(3)11-15(14)16(18)6-8-19;1-2/h4,8,10-11,16H,1,5-7,9H2,2-3H3;1-2H3/t16-;/m1./s1. The van der Waals surface area contributed by atoms with Crippen molar-refractivity contribution in [1.82, 2.24) is 4.90 Å². The molecule has 0 bridgehead atoms. The molecule has 23 heavy (non-hydrogen) atoms. The van der Waals surface area contributed by atoms with E-state index in [1.807, 2.05) is 20.8 Å². The molecule has 1 aliphatic rings. The molecule has 1 aromatic carbocycles. The number of amides is 1. The number of fused-ring (bicyclic) bond motifs is 1. The first kappa shape index (κ1) is 18.9. The van der Waals surface area contributed by atoms with Crippen molar-refractivity contribution in [2.24, 2.45) is 0 Å². The maximum absolute atomic E-state index is 12.1. The summed E-state index contributed by atoms with van der Waals surface area (Å²) in [6.45, 7) is 12.4. The van der Waals surface area contributed by atoms with Gasteiger partial charge in [-0.25, -0.2) is 4.79 Å². The largest absolute Gasteiger partial charge is 0.445 e. The molecular weight excluding hydrogens is 290 g/mol. The molecule has 0 spiro atoms. The average Bonchev–Trinajstić information content (AvgIpc) is 2.56. The lowest BCUT2D eigenvalue weighted by Gasteiger charge is -2.36. The smallest absolute Gasteiger partial charge is 0.410 e. The van der Waals surface area contributed by atoms with Crippen molar-refractivity contribution in [1.29, 1.82) is 0 Å². The summed E-state index contributed by atoms with van der Waals surface area (Å²) in [6, 6.07) is 4.02. The summed E-state index contributed by atoms with van der Waals surface area (Å²) in [5.74, 6) is 0. The monoisotopic (exact) mass is 317 g/mol. The predicted molar refractivity (Wildman–Crippen MR) is 92.6 cm³/mol. The maximum Gasteiger partial charge on any atom is 0.410 e. The fourth-order valence-electron chi connectivity index (χ4n) is 2.77. The Balaban J connectivity index is 0.00000127. The van der Waals surface area contributed by atoms with Crippen LogP contribution in [-0.2, 0) is 16.0 Å². The van der Waals surface area contributed by atoms with Crippen LogP contribution in [0.15, 0.2) is 24.8 Å². The molecule has 1 aromatic rings. The Morgan fingerprint density at radius 3 is 2.61 bits per heavy atom. The first-order valence-corrected chi connectivity index (χ1v) is 8.16. The minimum Gasteiger partial charge on any atom is -0.445 e. The fraction of sp³-hybridized carbons (Fsp3) is 0.474. The third-order valence-corrected chi connectivity index (χ3v) is 3.99. The van der Waals surface area contributed by atoms with Gasteiger partial charge in [-0.05, 0) is 42.5 Å². The summed E-state index contributed by atoms with van der Waals surface area (Å²) in [6.07, 6.45) is 3.10. The van der Waals surface area contributed by atoms with Crippen LogP contribution >= 0.6 is 0 Å². The minimum absolute atomic E-state index is 0.183.